The molecule has 0 spiro atoms. The normalized spacial score (nSPS) is 39.3. The van der Waals surface area contributed by atoms with Gasteiger partial charge in [0, 0.05) is 13.0 Å². The Kier molecular flexibility index (Phi) is 3.27. The molecule has 0 aromatic rings. The molecule has 0 heterocycles. The lowest BCUT2D eigenvalue weighted by atomic mass is 9.49. The Labute approximate surface area is 113 Å². The minimum Gasteiger partial charge on any atom is -0.481 e. The van der Waals surface area contributed by atoms with Crippen LogP contribution in [0.1, 0.15) is 51.4 Å². The molecule has 4 aliphatic rings. The predicted molar refractivity (Wildman–Crippen MR) is 70.5 cm³/mol. The van der Waals surface area contributed by atoms with E-state index in [2.05, 4.69) is 5.32 Å². The number of carbonyl (C=O) groups excluding carboxylic acids is 1. The molecule has 4 fully saturated rings. The van der Waals surface area contributed by atoms with E-state index in [-0.39, 0.29) is 18.7 Å². The number of nitrogens with one attached hydrogen (secondary N) is 1. The van der Waals surface area contributed by atoms with Gasteiger partial charge < -0.3 is 10.4 Å². The monoisotopic (exact) mass is 265 g/mol. The molecule has 4 heteroatoms. The van der Waals surface area contributed by atoms with Gasteiger partial charge in [0.15, 0.2) is 0 Å². The summed E-state index contributed by atoms with van der Waals surface area (Å²) in [6.45, 7) is 0.773. The van der Waals surface area contributed by atoms with E-state index in [1.54, 1.807) is 0 Å². The molecule has 0 unspecified atom stereocenters. The summed E-state index contributed by atoms with van der Waals surface area (Å²) in [5.74, 6) is 1.68. The minimum atomic E-state index is -0.898. The van der Waals surface area contributed by atoms with Crippen LogP contribution in [0.2, 0.25) is 0 Å². The Morgan fingerprint density at radius 2 is 1.53 bits per heavy atom. The molecule has 19 heavy (non-hydrogen) atoms. The molecule has 2 N–H and O–H groups in total. The minimum absolute atomic E-state index is 0.0628. The van der Waals surface area contributed by atoms with Gasteiger partial charge in [0.1, 0.15) is 0 Å². The molecule has 106 valence electrons. The van der Waals surface area contributed by atoms with Gasteiger partial charge in [-0.3, -0.25) is 9.59 Å². The summed E-state index contributed by atoms with van der Waals surface area (Å²) in [6.07, 6.45) is 8.10. The number of amides is 1. The first-order valence-electron chi connectivity index (χ1n) is 7.53. The van der Waals surface area contributed by atoms with Crippen molar-refractivity contribution in [3.8, 4) is 0 Å². The van der Waals surface area contributed by atoms with Crippen LogP contribution in [0, 0.1) is 23.2 Å². The van der Waals surface area contributed by atoms with Crippen LogP contribution in [0.25, 0.3) is 0 Å². The van der Waals surface area contributed by atoms with E-state index in [1.165, 1.54) is 38.5 Å². The van der Waals surface area contributed by atoms with Crippen LogP contribution >= 0.6 is 0 Å². The smallest absolute Gasteiger partial charge is 0.303 e. The number of carboxylic acid groups (broad SMARTS) is 1. The second kappa shape index (κ2) is 4.80. The van der Waals surface area contributed by atoms with Crippen molar-refractivity contribution >= 4 is 11.9 Å². The fourth-order valence-corrected chi connectivity index (χ4v) is 5.10. The molecule has 0 aromatic carbocycles. The van der Waals surface area contributed by atoms with Crippen molar-refractivity contribution in [1.82, 2.24) is 5.32 Å². The maximum absolute atomic E-state index is 11.7. The van der Waals surface area contributed by atoms with Crippen LogP contribution in [0.15, 0.2) is 0 Å². The van der Waals surface area contributed by atoms with E-state index < -0.39 is 5.97 Å². The maximum atomic E-state index is 11.7. The third-order valence-electron chi connectivity index (χ3n) is 5.39. The third-order valence-corrected chi connectivity index (χ3v) is 5.39. The summed E-state index contributed by atoms with van der Waals surface area (Å²) in [4.78, 5) is 22.1. The Balaban J connectivity index is 1.52. The van der Waals surface area contributed by atoms with Crippen molar-refractivity contribution in [1.29, 1.82) is 0 Å². The third kappa shape index (κ3) is 2.77. The van der Waals surface area contributed by atoms with Crippen molar-refractivity contribution in [2.75, 3.05) is 6.54 Å². The van der Waals surface area contributed by atoms with Gasteiger partial charge in [0.05, 0.1) is 6.42 Å². The van der Waals surface area contributed by atoms with E-state index in [1.807, 2.05) is 0 Å². The second-order valence-corrected chi connectivity index (χ2v) is 7.09. The number of hydrogen-bond donors (Lipinski definition) is 2. The van der Waals surface area contributed by atoms with Crippen molar-refractivity contribution in [2.24, 2.45) is 23.2 Å². The number of hydrogen-bond acceptors (Lipinski definition) is 2. The van der Waals surface area contributed by atoms with E-state index >= 15 is 0 Å². The number of carbonyl (C=O) groups is 2. The van der Waals surface area contributed by atoms with Gasteiger partial charge in [-0.05, 0) is 61.7 Å². The SMILES string of the molecule is O=C(O)CCC(=O)NCC12CC3CC(CC(C3)C1)C2. The average Bonchev–Trinajstić information content (AvgIpc) is 2.32. The summed E-state index contributed by atoms with van der Waals surface area (Å²) in [6, 6.07) is 0. The Bertz CT molecular complexity index is 356. The summed E-state index contributed by atoms with van der Waals surface area (Å²) >= 11 is 0. The number of aliphatic carboxylic acids is 1. The highest BCUT2D eigenvalue weighted by molar-refractivity contribution is 5.80. The number of rotatable bonds is 5. The molecular formula is C15H23NO3. The molecule has 4 aliphatic carbocycles. The Morgan fingerprint density at radius 1 is 1.00 bits per heavy atom. The Hall–Kier alpha value is -1.06. The maximum Gasteiger partial charge on any atom is 0.303 e. The molecule has 0 aliphatic heterocycles. The summed E-state index contributed by atoms with van der Waals surface area (Å²) in [5, 5.41) is 11.6. The quantitative estimate of drug-likeness (QED) is 0.800. The Morgan fingerprint density at radius 3 is 2.00 bits per heavy atom. The molecule has 4 nitrogen and oxygen atoms in total. The highest BCUT2D eigenvalue weighted by Gasteiger charge is 2.50. The molecule has 0 radical (unpaired) electrons. The second-order valence-electron chi connectivity index (χ2n) is 7.09. The molecule has 4 saturated carbocycles. The first-order valence-corrected chi connectivity index (χ1v) is 7.53. The van der Waals surface area contributed by atoms with E-state index in [0.717, 1.165) is 24.3 Å². The summed E-state index contributed by atoms with van der Waals surface area (Å²) in [7, 11) is 0. The van der Waals surface area contributed by atoms with E-state index in [0.29, 0.717) is 5.41 Å². The lowest BCUT2D eigenvalue weighted by Crippen LogP contribution is -2.51. The zero-order valence-corrected chi connectivity index (χ0v) is 11.4. The van der Waals surface area contributed by atoms with Gasteiger partial charge in [-0.15, -0.1) is 0 Å². The first-order chi connectivity index (χ1) is 9.05. The van der Waals surface area contributed by atoms with Crippen LogP contribution < -0.4 is 5.32 Å². The summed E-state index contributed by atoms with van der Waals surface area (Å²) in [5.41, 5.74) is 0.341. The van der Waals surface area contributed by atoms with Crippen molar-refractivity contribution in [2.45, 2.75) is 51.4 Å². The van der Waals surface area contributed by atoms with Gasteiger partial charge in [0.25, 0.3) is 0 Å². The molecule has 4 rings (SSSR count). The van der Waals surface area contributed by atoms with Gasteiger partial charge in [-0.2, -0.15) is 0 Å². The lowest BCUT2D eigenvalue weighted by Gasteiger charge is -2.56. The topological polar surface area (TPSA) is 66.4 Å². The van der Waals surface area contributed by atoms with E-state index in [9.17, 15) is 9.59 Å². The van der Waals surface area contributed by atoms with Gasteiger partial charge in [0.2, 0.25) is 5.91 Å². The van der Waals surface area contributed by atoms with E-state index in [4.69, 9.17) is 5.11 Å². The van der Waals surface area contributed by atoms with Crippen molar-refractivity contribution < 1.29 is 14.7 Å². The molecule has 1 amide bonds. The highest BCUT2D eigenvalue weighted by Crippen LogP contribution is 2.59. The standard InChI is InChI=1S/C15H23NO3/c17-13(1-2-14(18)19)16-9-15-6-10-3-11(7-15)5-12(4-10)8-15/h10-12H,1-9H2,(H,16,17)(H,18,19). The van der Waals surface area contributed by atoms with Crippen LogP contribution in [0.4, 0.5) is 0 Å². The predicted octanol–water partition coefficient (Wildman–Crippen LogP) is 2.18. The molecular weight excluding hydrogens is 242 g/mol. The van der Waals surface area contributed by atoms with Crippen LogP contribution in [0.5, 0.6) is 0 Å². The average molecular weight is 265 g/mol. The molecule has 4 bridgehead atoms. The van der Waals surface area contributed by atoms with Crippen molar-refractivity contribution in [3.05, 3.63) is 0 Å². The summed E-state index contributed by atoms with van der Waals surface area (Å²) < 4.78 is 0. The zero-order valence-electron chi connectivity index (χ0n) is 11.4. The van der Waals surface area contributed by atoms with Crippen LogP contribution in [-0.4, -0.2) is 23.5 Å². The number of carboxylic acids is 1. The van der Waals surface area contributed by atoms with Crippen LogP contribution in [0.3, 0.4) is 0 Å². The molecule has 0 saturated heterocycles. The lowest BCUT2D eigenvalue weighted by molar-refractivity contribution is -0.139. The fourth-order valence-electron chi connectivity index (χ4n) is 5.10. The fraction of sp³-hybridized carbons (Fsp3) is 0.867. The van der Waals surface area contributed by atoms with Crippen molar-refractivity contribution in [3.63, 3.8) is 0 Å². The molecule has 0 aromatic heterocycles. The molecule has 0 atom stereocenters. The first kappa shape index (κ1) is 12.9. The van der Waals surface area contributed by atoms with Gasteiger partial charge in [-0.1, -0.05) is 0 Å². The largest absolute Gasteiger partial charge is 0.481 e. The zero-order chi connectivity index (χ0) is 13.5. The van der Waals surface area contributed by atoms with Gasteiger partial charge >= 0.3 is 5.97 Å². The highest BCUT2D eigenvalue weighted by atomic mass is 16.4. The van der Waals surface area contributed by atoms with Gasteiger partial charge in [-0.25, -0.2) is 0 Å². The van der Waals surface area contributed by atoms with Crippen LogP contribution in [-0.2, 0) is 9.59 Å².